The monoisotopic (exact) mass is 358 g/mol. The summed E-state index contributed by atoms with van der Waals surface area (Å²) in [5.74, 6) is -0.325. The van der Waals surface area contributed by atoms with Crippen molar-refractivity contribution in [3.8, 4) is 5.88 Å². The van der Waals surface area contributed by atoms with Gasteiger partial charge in [-0.05, 0) is 24.3 Å². The van der Waals surface area contributed by atoms with Gasteiger partial charge in [0.2, 0.25) is 5.88 Å². The molecule has 1 N–H and O–H groups in total. The highest BCUT2D eigenvalue weighted by Crippen LogP contribution is 2.27. The number of fused-ring (bicyclic) bond motifs is 1. The van der Waals surface area contributed by atoms with Crippen molar-refractivity contribution in [2.45, 2.75) is 0 Å². The largest absolute Gasteiger partial charge is 0.467 e. The molecule has 0 fully saturated rings. The Morgan fingerprint density at radius 3 is 2.84 bits per heavy atom. The van der Waals surface area contributed by atoms with Crippen LogP contribution in [0.3, 0.4) is 0 Å². The van der Waals surface area contributed by atoms with E-state index in [-0.39, 0.29) is 28.9 Å². The molecule has 0 aliphatic heterocycles. The number of carbonyl (C=O) groups excluding carboxylic acids is 1. The first-order chi connectivity index (χ1) is 12.0. The zero-order valence-electron chi connectivity index (χ0n) is 12.7. The number of carbonyl (C=O) groups is 1. The third kappa shape index (κ3) is 3.81. The van der Waals surface area contributed by atoms with Crippen LogP contribution < -0.4 is 10.1 Å². The average Bonchev–Trinajstić information content (AvgIpc) is 2.59. The Morgan fingerprint density at radius 2 is 2.04 bits per heavy atom. The fourth-order valence-corrected chi connectivity index (χ4v) is 2.36. The van der Waals surface area contributed by atoms with E-state index in [1.807, 2.05) is 6.07 Å². The Balaban J connectivity index is 1.73. The molecule has 0 atom stereocenters. The summed E-state index contributed by atoms with van der Waals surface area (Å²) in [4.78, 5) is 30.6. The Kier molecular flexibility index (Phi) is 4.71. The van der Waals surface area contributed by atoms with Gasteiger partial charge in [0, 0.05) is 11.1 Å². The van der Waals surface area contributed by atoms with Gasteiger partial charge >= 0.3 is 0 Å². The van der Waals surface area contributed by atoms with Crippen LogP contribution >= 0.6 is 11.6 Å². The first-order valence-electron chi connectivity index (χ1n) is 7.11. The third-order valence-corrected chi connectivity index (χ3v) is 3.51. The van der Waals surface area contributed by atoms with E-state index < -0.39 is 10.8 Å². The highest BCUT2D eigenvalue weighted by atomic mass is 35.5. The molecule has 1 amide bonds. The highest BCUT2D eigenvalue weighted by molar-refractivity contribution is 6.31. The highest BCUT2D eigenvalue weighted by Gasteiger charge is 2.17. The lowest BCUT2D eigenvalue weighted by Crippen LogP contribution is -2.21. The molecule has 3 rings (SSSR count). The predicted octanol–water partition coefficient (Wildman–Crippen LogP) is 3.21. The summed E-state index contributed by atoms with van der Waals surface area (Å²) in [5, 5.41) is 14.3. The van der Waals surface area contributed by atoms with Crippen LogP contribution in [0.5, 0.6) is 5.88 Å². The van der Waals surface area contributed by atoms with E-state index in [0.29, 0.717) is 10.9 Å². The van der Waals surface area contributed by atoms with Gasteiger partial charge in [0.05, 0.1) is 15.8 Å². The van der Waals surface area contributed by atoms with Crippen LogP contribution in [0.4, 0.5) is 11.4 Å². The number of hydrogen-bond acceptors (Lipinski definition) is 6. The molecule has 0 unspecified atom stereocenters. The maximum absolute atomic E-state index is 12.1. The number of rotatable bonds is 5. The number of nitrogens with one attached hydrogen (secondary N) is 1. The Hall–Kier alpha value is -3.26. The summed E-state index contributed by atoms with van der Waals surface area (Å²) < 4.78 is 5.42. The molecule has 126 valence electrons. The van der Waals surface area contributed by atoms with Crippen molar-refractivity contribution in [3.05, 3.63) is 63.9 Å². The Bertz CT molecular complexity index is 959. The van der Waals surface area contributed by atoms with Crippen molar-refractivity contribution in [2.24, 2.45) is 0 Å². The first-order valence-corrected chi connectivity index (χ1v) is 7.49. The minimum Gasteiger partial charge on any atom is -0.467 e. The summed E-state index contributed by atoms with van der Waals surface area (Å²) >= 11 is 5.82. The summed E-state index contributed by atoms with van der Waals surface area (Å²) in [5.41, 5.74) is 0.419. The normalized spacial score (nSPS) is 10.4. The number of aromatic nitrogens is 2. The second-order valence-corrected chi connectivity index (χ2v) is 5.39. The smallest absolute Gasteiger partial charge is 0.292 e. The quantitative estimate of drug-likeness (QED) is 0.554. The molecule has 0 bridgehead atoms. The number of ether oxygens (including phenoxy) is 1. The standard InChI is InChI=1S/C16H11ClN4O4/c17-10-5-6-14(21(23)24)13(7-10)20-15(22)8-25-16-11-3-1-2-4-12(11)18-9-19-16/h1-7,9H,8H2,(H,20,22). The number of nitro groups is 1. The minimum atomic E-state index is -0.606. The third-order valence-electron chi connectivity index (χ3n) is 3.28. The molecule has 2 aromatic carbocycles. The van der Waals surface area contributed by atoms with Gasteiger partial charge in [-0.15, -0.1) is 0 Å². The maximum Gasteiger partial charge on any atom is 0.292 e. The van der Waals surface area contributed by atoms with Gasteiger partial charge in [-0.25, -0.2) is 9.97 Å². The number of halogens is 1. The number of hydrogen-bond donors (Lipinski definition) is 1. The molecule has 3 aromatic rings. The fraction of sp³-hybridized carbons (Fsp3) is 0.0625. The van der Waals surface area contributed by atoms with Gasteiger partial charge in [-0.1, -0.05) is 23.7 Å². The summed E-state index contributed by atoms with van der Waals surface area (Å²) in [6.45, 7) is -0.370. The van der Waals surface area contributed by atoms with Crippen LogP contribution in [0, 0.1) is 10.1 Å². The Labute approximate surface area is 146 Å². The van der Waals surface area contributed by atoms with Crippen LogP contribution in [0.2, 0.25) is 5.02 Å². The zero-order valence-corrected chi connectivity index (χ0v) is 13.4. The van der Waals surface area contributed by atoms with E-state index >= 15 is 0 Å². The van der Waals surface area contributed by atoms with Gasteiger partial charge < -0.3 is 10.1 Å². The summed E-state index contributed by atoms with van der Waals surface area (Å²) in [6, 6.07) is 11.1. The molecular formula is C16H11ClN4O4. The molecule has 0 aliphatic carbocycles. The second-order valence-electron chi connectivity index (χ2n) is 4.95. The second kappa shape index (κ2) is 7.10. The van der Waals surface area contributed by atoms with Crippen molar-refractivity contribution in [3.63, 3.8) is 0 Å². The van der Waals surface area contributed by atoms with E-state index in [9.17, 15) is 14.9 Å². The summed E-state index contributed by atoms with van der Waals surface area (Å²) in [6.07, 6.45) is 1.33. The number of nitro benzene ring substituents is 1. The van der Waals surface area contributed by atoms with E-state index in [2.05, 4.69) is 15.3 Å². The average molecular weight is 359 g/mol. The van der Waals surface area contributed by atoms with Gasteiger partial charge in [0.15, 0.2) is 6.61 Å². The number of anilines is 1. The van der Waals surface area contributed by atoms with E-state index in [1.165, 1.54) is 24.5 Å². The molecule has 25 heavy (non-hydrogen) atoms. The molecular weight excluding hydrogens is 348 g/mol. The number of benzene rings is 2. The molecule has 0 spiro atoms. The SMILES string of the molecule is O=C(COc1ncnc2ccccc12)Nc1cc(Cl)ccc1[N+](=O)[O-]. The lowest BCUT2D eigenvalue weighted by atomic mass is 10.2. The topological polar surface area (TPSA) is 107 Å². The minimum absolute atomic E-state index is 0.00125. The number of amides is 1. The van der Waals surface area contributed by atoms with Crippen LogP contribution in [0.1, 0.15) is 0 Å². The van der Waals surface area contributed by atoms with Gasteiger partial charge in [0.25, 0.3) is 11.6 Å². The molecule has 0 saturated carbocycles. The zero-order chi connectivity index (χ0) is 17.8. The van der Waals surface area contributed by atoms with E-state index in [0.717, 1.165) is 0 Å². The lowest BCUT2D eigenvalue weighted by Gasteiger charge is -2.09. The molecule has 8 nitrogen and oxygen atoms in total. The van der Waals surface area contributed by atoms with E-state index in [1.54, 1.807) is 18.2 Å². The fourth-order valence-electron chi connectivity index (χ4n) is 2.18. The van der Waals surface area contributed by atoms with Crippen LogP contribution in [0.25, 0.3) is 10.9 Å². The summed E-state index contributed by atoms with van der Waals surface area (Å²) in [7, 11) is 0. The van der Waals surface area contributed by atoms with Crippen molar-refractivity contribution in [2.75, 3.05) is 11.9 Å². The first kappa shape index (κ1) is 16.6. The molecule has 0 radical (unpaired) electrons. The molecule has 0 aliphatic rings. The van der Waals surface area contributed by atoms with Crippen molar-refractivity contribution in [1.29, 1.82) is 0 Å². The van der Waals surface area contributed by atoms with Crippen LogP contribution in [-0.4, -0.2) is 27.4 Å². The van der Waals surface area contributed by atoms with E-state index in [4.69, 9.17) is 16.3 Å². The lowest BCUT2D eigenvalue weighted by molar-refractivity contribution is -0.383. The molecule has 0 saturated heterocycles. The van der Waals surface area contributed by atoms with Crippen molar-refractivity contribution >= 4 is 39.8 Å². The maximum atomic E-state index is 12.1. The number of nitrogens with zero attached hydrogens (tertiary/aromatic N) is 3. The van der Waals surface area contributed by atoms with Crippen LogP contribution in [0.15, 0.2) is 48.8 Å². The predicted molar refractivity (Wildman–Crippen MR) is 91.8 cm³/mol. The van der Waals surface area contributed by atoms with Gasteiger partial charge in [-0.3, -0.25) is 14.9 Å². The number of para-hydroxylation sites is 1. The Morgan fingerprint density at radius 1 is 1.24 bits per heavy atom. The van der Waals surface area contributed by atoms with Crippen LogP contribution in [-0.2, 0) is 4.79 Å². The molecule has 9 heteroatoms. The van der Waals surface area contributed by atoms with Crippen molar-refractivity contribution < 1.29 is 14.5 Å². The van der Waals surface area contributed by atoms with Gasteiger partial charge in [0.1, 0.15) is 12.0 Å². The van der Waals surface area contributed by atoms with Crippen molar-refractivity contribution in [1.82, 2.24) is 9.97 Å². The molecule has 1 heterocycles. The van der Waals surface area contributed by atoms with Gasteiger partial charge in [-0.2, -0.15) is 0 Å². The molecule has 1 aromatic heterocycles.